The van der Waals surface area contributed by atoms with Crippen molar-refractivity contribution in [3.05, 3.63) is 45.8 Å². The smallest absolute Gasteiger partial charge is 0.407 e. The van der Waals surface area contributed by atoms with Crippen molar-refractivity contribution in [3.8, 4) is 0 Å². The van der Waals surface area contributed by atoms with Crippen molar-refractivity contribution < 1.29 is 22.9 Å². The van der Waals surface area contributed by atoms with Gasteiger partial charge in [0, 0.05) is 18.2 Å². The average molecular weight is 439 g/mol. The van der Waals surface area contributed by atoms with Crippen LogP contribution in [0.3, 0.4) is 0 Å². The minimum absolute atomic E-state index is 0.0424. The second-order valence-electron chi connectivity index (χ2n) is 7.98. The van der Waals surface area contributed by atoms with Gasteiger partial charge in [0.15, 0.2) is 0 Å². The minimum atomic E-state index is -3.92. The van der Waals surface area contributed by atoms with Gasteiger partial charge in [0.1, 0.15) is 10.5 Å². The van der Waals surface area contributed by atoms with Gasteiger partial charge in [-0.3, -0.25) is 14.8 Å². The summed E-state index contributed by atoms with van der Waals surface area (Å²) in [5.41, 5.74) is -0.118. The fourth-order valence-electron chi connectivity index (χ4n) is 2.93. The highest BCUT2D eigenvalue weighted by molar-refractivity contribution is 7.91. The number of rotatable bonds is 6. The van der Waals surface area contributed by atoms with Crippen molar-refractivity contribution in [2.45, 2.75) is 69.5 Å². The van der Waals surface area contributed by atoms with Gasteiger partial charge in [-0.1, -0.05) is 0 Å². The summed E-state index contributed by atoms with van der Waals surface area (Å²) in [6.07, 6.45) is -0.574. The summed E-state index contributed by atoms with van der Waals surface area (Å²) in [6.45, 7) is 10.5. The first-order valence-electron chi connectivity index (χ1n) is 9.25. The number of carbonyl (C=O) groups excluding carboxylic acids is 1. The van der Waals surface area contributed by atoms with E-state index in [4.69, 9.17) is 4.74 Å². The van der Waals surface area contributed by atoms with Gasteiger partial charge < -0.3 is 10.1 Å². The second kappa shape index (κ2) is 8.42. The molecule has 0 radical (unpaired) electrons. The molecule has 0 bridgehead atoms. The normalized spacial score (nSPS) is 13.0. The van der Waals surface area contributed by atoms with Crippen molar-refractivity contribution >= 4 is 21.6 Å². The predicted molar refractivity (Wildman–Crippen MR) is 109 cm³/mol. The lowest BCUT2D eigenvalue weighted by Gasteiger charge is -2.22. The Labute approximate surface area is 175 Å². The van der Waals surface area contributed by atoms with Crippen LogP contribution in [0.2, 0.25) is 0 Å². The number of benzene rings is 1. The van der Waals surface area contributed by atoms with Crippen LogP contribution in [-0.2, 0) is 21.1 Å². The lowest BCUT2D eigenvalue weighted by atomic mass is 10.2. The third-order valence-electron chi connectivity index (χ3n) is 4.15. The van der Waals surface area contributed by atoms with E-state index in [9.17, 15) is 23.3 Å². The maximum absolute atomic E-state index is 13.1. The molecule has 1 atom stereocenters. The molecular weight excluding hydrogens is 412 g/mol. The molecular formula is C19H26N4O6S. The van der Waals surface area contributed by atoms with E-state index in [2.05, 4.69) is 10.4 Å². The maximum atomic E-state index is 13.1. The standard InChI is InChI=1S/C19H26N4O6S/c1-12(20-18(24)29-19(4,5)6)11-22-14(3)17(13(2)21-22)30(27,28)16-9-7-15(8-10-16)23(25)26/h7-10,12H,11H2,1-6H3,(H,20,24)/t12-/m0/s1. The van der Waals surface area contributed by atoms with Crippen LogP contribution in [0, 0.1) is 24.0 Å². The van der Waals surface area contributed by atoms with Gasteiger partial charge in [-0.05, 0) is 53.7 Å². The zero-order valence-electron chi connectivity index (χ0n) is 17.8. The highest BCUT2D eigenvalue weighted by Crippen LogP contribution is 2.28. The Bertz CT molecular complexity index is 1050. The molecule has 10 nitrogen and oxygen atoms in total. The van der Waals surface area contributed by atoms with E-state index < -0.39 is 26.5 Å². The first kappa shape index (κ1) is 23.3. The molecule has 0 fully saturated rings. The molecule has 0 aliphatic rings. The van der Waals surface area contributed by atoms with Gasteiger partial charge in [-0.2, -0.15) is 5.10 Å². The highest BCUT2D eigenvalue weighted by atomic mass is 32.2. The minimum Gasteiger partial charge on any atom is -0.444 e. The number of nitrogens with zero attached hydrogens (tertiary/aromatic N) is 3. The number of aryl methyl sites for hydroxylation is 1. The Morgan fingerprint density at radius 1 is 1.27 bits per heavy atom. The zero-order valence-corrected chi connectivity index (χ0v) is 18.6. The van der Waals surface area contributed by atoms with Crippen molar-refractivity contribution in [1.29, 1.82) is 0 Å². The molecule has 1 aromatic carbocycles. The molecule has 1 amide bonds. The number of hydrogen-bond acceptors (Lipinski definition) is 7. The van der Waals surface area contributed by atoms with Crippen LogP contribution in [0.25, 0.3) is 0 Å². The number of ether oxygens (including phenoxy) is 1. The van der Waals surface area contributed by atoms with Crippen LogP contribution in [0.4, 0.5) is 10.5 Å². The highest BCUT2D eigenvalue weighted by Gasteiger charge is 2.28. The number of sulfone groups is 1. The summed E-state index contributed by atoms with van der Waals surface area (Å²) in [6, 6.07) is 4.34. The largest absolute Gasteiger partial charge is 0.444 e. The van der Waals surface area contributed by atoms with E-state index in [0.29, 0.717) is 11.4 Å². The van der Waals surface area contributed by atoms with Crippen LogP contribution < -0.4 is 5.32 Å². The number of aromatic nitrogens is 2. The van der Waals surface area contributed by atoms with Gasteiger partial charge in [0.2, 0.25) is 9.84 Å². The number of alkyl carbamates (subject to hydrolysis) is 1. The Hall–Kier alpha value is -2.95. The molecule has 0 unspecified atom stereocenters. The molecule has 1 aromatic heterocycles. The molecule has 30 heavy (non-hydrogen) atoms. The summed E-state index contributed by atoms with van der Waals surface area (Å²) >= 11 is 0. The number of nitro groups is 1. The third kappa shape index (κ3) is 5.35. The third-order valence-corrected chi connectivity index (χ3v) is 6.17. The predicted octanol–water partition coefficient (Wildman–Crippen LogP) is 3.15. The lowest BCUT2D eigenvalue weighted by molar-refractivity contribution is -0.384. The van der Waals surface area contributed by atoms with Crippen LogP contribution >= 0.6 is 0 Å². The van der Waals surface area contributed by atoms with Crippen LogP contribution in [0.5, 0.6) is 0 Å². The number of nitro benzene ring substituents is 1. The summed E-state index contributed by atoms with van der Waals surface area (Å²) in [5, 5.41) is 17.8. The molecule has 2 aromatic rings. The summed E-state index contributed by atoms with van der Waals surface area (Å²) < 4.78 is 32.9. The molecule has 0 saturated heterocycles. The topological polar surface area (TPSA) is 133 Å². The second-order valence-corrected chi connectivity index (χ2v) is 9.87. The van der Waals surface area contributed by atoms with E-state index in [1.165, 1.54) is 16.8 Å². The zero-order chi connectivity index (χ0) is 22.9. The molecule has 0 aliphatic carbocycles. The monoisotopic (exact) mass is 438 g/mol. The first-order valence-corrected chi connectivity index (χ1v) is 10.7. The summed E-state index contributed by atoms with van der Waals surface area (Å²) in [4.78, 5) is 22.1. The van der Waals surface area contributed by atoms with Gasteiger partial charge in [-0.15, -0.1) is 0 Å². The lowest BCUT2D eigenvalue weighted by Crippen LogP contribution is -2.39. The van der Waals surface area contributed by atoms with Gasteiger partial charge >= 0.3 is 6.09 Å². The first-order chi connectivity index (χ1) is 13.7. The SMILES string of the molecule is Cc1nn(C[C@H](C)NC(=O)OC(C)(C)C)c(C)c1S(=O)(=O)c1ccc([N+](=O)[O-])cc1. The van der Waals surface area contributed by atoms with Gasteiger partial charge in [0.05, 0.1) is 27.8 Å². The molecule has 11 heteroatoms. The Morgan fingerprint density at radius 3 is 2.33 bits per heavy atom. The van der Waals surface area contributed by atoms with E-state index in [1.807, 2.05) is 0 Å². The molecule has 0 aliphatic heterocycles. The van der Waals surface area contributed by atoms with Gasteiger partial charge in [0.25, 0.3) is 5.69 Å². The number of hydrogen-bond donors (Lipinski definition) is 1. The van der Waals surface area contributed by atoms with Crippen LogP contribution in [0.1, 0.15) is 39.1 Å². The molecule has 1 N–H and O–H groups in total. The number of carbonyl (C=O) groups is 1. The Balaban J connectivity index is 2.26. The number of nitrogens with one attached hydrogen (secondary N) is 1. The van der Waals surface area contributed by atoms with Crippen molar-refractivity contribution in [2.75, 3.05) is 0 Å². The van der Waals surface area contributed by atoms with Crippen molar-refractivity contribution in [1.82, 2.24) is 15.1 Å². The Morgan fingerprint density at radius 2 is 1.83 bits per heavy atom. The van der Waals surface area contributed by atoms with Crippen LogP contribution in [0.15, 0.2) is 34.1 Å². The quantitative estimate of drug-likeness (QED) is 0.541. The van der Waals surface area contributed by atoms with E-state index in [-0.39, 0.29) is 28.1 Å². The Kier molecular flexibility index (Phi) is 6.55. The number of amides is 1. The fraction of sp³-hybridized carbons (Fsp3) is 0.474. The molecule has 2 rings (SSSR count). The summed E-state index contributed by atoms with van der Waals surface area (Å²) in [7, 11) is -3.92. The van der Waals surface area contributed by atoms with Crippen molar-refractivity contribution in [2.24, 2.45) is 0 Å². The molecule has 1 heterocycles. The number of non-ortho nitro benzene ring substituents is 1. The maximum Gasteiger partial charge on any atom is 0.407 e. The van der Waals surface area contributed by atoms with E-state index in [0.717, 1.165) is 12.1 Å². The van der Waals surface area contributed by atoms with E-state index in [1.54, 1.807) is 41.5 Å². The van der Waals surface area contributed by atoms with Gasteiger partial charge in [-0.25, -0.2) is 13.2 Å². The van der Waals surface area contributed by atoms with E-state index >= 15 is 0 Å². The van der Waals surface area contributed by atoms with Crippen molar-refractivity contribution in [3.63, 3.8) is 0 Å². The average Bonchev–Trinajstić information content (AvgIpc) is 2.86. The molecule has 164 valence electrons. The summed E-state index contributed by atoms with van der Waals surface area (Å²) in [5.74, 6) is 0. The molecule has 0 spiro atoms. The fourth-order valence-corrected chi connectivity index (χ4v) is 4.58. The van der Waals surface area contributed by atoms with Crippen LogP contribution in [-0.4, -0.2) is 40.9 Å². The molecule has 0 saturated carbocycles.